The average Bonchev–Trinajstić information content (AvgIpc) is 3.11. The number of fused-ring (bicyclic) bond motifs is 1. The zero-order valence-corrected chi connectivity index (χ0v) is 32.2. The van der Waals surface area contributed by atoms with Crippen molar-refractivity contribution in [1.82, 2.24) is 34.6 Å². The molecule has 2 amide bonds. The second kappa shape index (κ2) is 16.4. The van der Waals surface area contributed by atoms with Gasteiger partial charge in [-0.3, -0.25) is 4.79 Å². The molecule has 1 aliphatic carbocycles. The van der Waals surface area contributed by atoms with Crippen LogP contribution in [0.3, 0.4) is 0 Å². The van der Waals surface area contributed by atoms with Gasteiger partial charge in [-0.2, -0.15) is 13.2 Å². The minimum Gasteiger partial charge on any atom is -0.325 e. The number of ketones is 1. The van der Waals surface area contributed by atoms with Gasteiger partial charge in [-0.15, -0.1) is 0 Å². The summed E-state index contributed by atoms with van der Waals surface area (Å²) < 4.78 is 50.1. The number of hydrogen-bond acceptors (Lipinski definition) is 11. The molecule has 18 heteroatoms. The van der Waals surface area contributed by atoms with Crippen LogP contribution in [-0.2, 0) is 11.0 Å². The van der Waals surface area contributed by atoms with Crippen LogP contribution in [0.15, 0.2) is 42.0 Å². The van der Waals surface area contributed by atoms with Crippen molar-refractivity contribution in [3.63, 3.8) is 0 Å². The summed E-state index contributed by atoms with van der Waals surface area (Å²) in [6.07, 6.45) is -1.54. The number of carbonyl (C=O) groups excluding carboxylic acids is 3. The molecule has 280 valence electrons. The number of nitrogens with one attached hydrogen (secondary N) is 1. The molecule has 5 rings (SSSR count). The molecule has 3 heterocycles. The standard InChI is InChI=1S/C34H39ClF3IN9O4/c1-6-21-22(16-26(49)43-24-8-7-20(15-23(24)35)34(36,37)38)28-30(44-25(17-40-28)46(5)10-9-45(3)4)32(50)31(21)47-11-13-48(14-12-47)33(51)29-27(39-52)19(2)41-18-42-29/h7-8,15,17-18,22,52H,6,9-14,16H2,1-5H3,(H,43,49)/q-1. The second-order valence-electron chi connectivity index (χ2n) is 12.7. The number of aromatic nitrogens is 4. The quantitative estimate of drug-likeness (QED) is 0.265. The molecular formula is C34H39ClF3IN9O4-. The molecule has 1 unspecified atom stereocenters. The Morgan fingerprint density at radius 1 is 1.10 bits per heavy atom. The predicted molar refractivity (Wildman–Crippen MR) is 183 cm³/mol. The topological polar surface area (TPSA) is 148 Å². The zero-order chi connectivity index (χ0) is 37.9. The molecule has 1 saturated heterocycles. The molecular weight excluding hydrogens is 818 g/mol. The number of piperazine rings is 1. The average molecular weight is 857 g/mol. The molecule has 52 heavy (non-hydrogen) atoms. The van der Waals surface area contributed by atoms with Crippen LogP contribution in [0, 0.1) is 10.5 Å². The first-order valence-corrected chi connectivity index (χ1v) is 18.9. The van der Waals surface area contributed by atoms with E-state index in [0.717, 1.165) is 24.7 Å². The molecule has 0 bridgehead atoms. The number of benzene rings is 1. The van der Waals surface area contributed by atoms with Gasteiger partial charge in [0.25, 0.3) is 0 Å². The molecule has 13 nitrogen and oxygen atoms in total. The number of carbonyl (C=O) groups is 3. The van der Waals surface area contributed by atoms with Crippen molar-refractivity contribution >= 4 is 40.7 Å². The first kappa shape index (κ1) is 39.3. The fraction of sp³-hybridized carbons (Fsp3) is 0.441. The molecule has 2 N–H and O–H groups in total. The van der Waals surface area contributed by atoms with E-state index in [-0.39, 0.29) is 53.3 Å². The number of aryl methyl sites for hydroxylation is 1. The van der Waals surface area contributed by atoms with E-state index in [9.17, 15) is 31.0 Å². The maximum atomic E-state index is 14.4. The fourth-order valence-electron chi connectivity index (χ4n) is 6.20. The van der Waals surface area contributed by atoms with Gasteiger partial charge in [0, 0.05) is 20.1 Å². The van der Waals surface area contributed by atoms with Crippen molar-refractivity contribution in [3.05, 3.63) is 78.9 Å². The molecule has 1 aliphatic heterocycles. The van der Waals surface area contributed by atoms with Crippen molar-refractivity contribution in [1.29, 1.82) is 0 Å². The monoisotopic (exact) mass is 856 g/mol. The number of allylic oxidation sites excluding steroid dienone is 2. The van der Waals surface area contributed by atoms with Crippen LogP contribution >= 0.6 is 11.6 Å². The van der Waals surface area contributed by atoms with E-state index in [2.05, 4.69) is 20.3 Å². The van der Waals surface area contributed by atoms with E-state index in [1.807, 2.05) is 42.8 Å². The summed E-state index contributed by atoms with van der Waals surface area (Å²) in [6, 6.07) is 2.70. The Morgan fingerprint density at radius 2 is 1.81 bits per heavy atom. The van der Waals surface area contributed by atoms with E-state index in [4.69, 9.17) is 16.6 Å². The van der Waals surface area contributed by atoms with Crippen LogP contribution in [-0.4, -0.2) is 116 Å². The van der Waals surface area contributed by atoms with E-state index in [1.165, 1.54) is 6.33 Å². The van der Waals surface area contributed by atoms with Gasteiger partial charge in [0.05, 0.1) is 22.5 Å². The van der Waals surface area contributed by atoms with E-state index < -0.39 is 45.2 Å². The Kier molecular flexibility index (Phi) is 12.4. The second-order valence-corrected chi connectivity index (χ2v) is 14.7. The maximum absolute atomic E-state index is 14.4. The van der Waals surface area contributed by atoms with Crippen LogP contribution in [0.25, 0.3) is 0 Å². The van der Waals surface area contributed by atoms with Crippen molar-refractivity contribution in [2.75, 3.05) is 70.6 Å². The number of anilines is 2. The Morgan fingerprint density at radius 3 is 2.42 bits per heavy atom. The van der Waals surface area contributed by atoms with Crippen LogP contribution in [0.4, 0.5) is 24.7 Å². The molecule has 1 aromatic carbocycles. The number of nitrogens with zero attached hydrogens (tertiary/aromatic N) is 8. The normalized spacial score (nSPS) is 16.4. The summed E-state index contributed by atoms with van der Waals surface area (Å²) in [6.45, 7) is 6.06. The van der Waals surface area contributed by atoms with Crippen LogP contribution < -0.4 is 31.8 Å². The number of hydrogen-bond donors (Lipinski definition) is 2. The number of halogens is 5. The van der Waals surface area contributed by atoms with E-state index in [0.29, 0.717) is 58.1 Å². The Labute approximate surface area is 315 Å². The van der Waals surface area contributed by atoms with E-state index >= 15 is 0 Å². The van der Waals surface area contributed by atoms with Crippen molar-refractivity contribution < 1.29 is 52.6 Å². The third kappa shape index (κ3) is 8.47. The van der Waals surface area contributed by atoms with Gasteiger partial charge in [0.15, 0.2) is 0 Å². The molecule has 1 fully saturated rings. The predicted octanol–water partition coefficient (Wildman–Crippen LogP) is 0.842. The third-order valence-corrected chi connectivity index (χ3v) is 11.1. The molecule has 2 aliphatic rings. The molecule has 0 saturated carbocycles. The summed E-state index contributed by atoms with van der Waals surface area (Å²) in [7, 11) is 5.74. The van der Waals surface area contributed by atoms with Crippen molar-refractivity contribution in [2.24, 2.45) is 0 Å². The van der Waals surface area contributed by atoms with Gasteiger partial charge < -0.3 is 15.1 Å². The van der Waals surface area contributed by atoms with Crippen molar-refractivity contribution in [3.8, 4) is 0 Å². The van der Waals surface area contributed by atoms with E-state index in [1.54, 1.807) is 18.0 Å². The van der Waals surface area contributed by atoms with Crippen molar-refractivity contribution in [2.45, 2.75) is 38.8 Å². The third-order valence-electron chi connectivity index (χ3n) is 9.02. The van der Waals surface area contributed by atoms with Crippen LogP contribution in [0.1, 0.15) is 63.6 Å². The summed E-state index contributed by atoms with van der Waals surface area (Å²) in [5.74, 6) is -1.42. The molecule has 0 radical (unpaired) electrons. The first-order valence-electron chi connectivity index (χ1n) is 16.5. The Hall–Kier alpha value is -3.94. The molecule has 3 aromatic rings. The summed E-state index contributed by atoms with van der Waals surface area (Å²) in [4.78, 5) is 66.6. The van der Waals surface area contributed by atoms with Gasteiger partial charge in [-0.05, 0) is 32.3 Å². The molecule has 0 spiro atoms. The summed E-state index contributed by atoms with van der Waals surface area (Å²) in [5.41, 5.74) is 1.29. The van der Waals surface area contributed by atoms with Gasteiger partial charge in [0.2, 0.25) is 0 Å². The van der Waals surface area contributed by atoms with Crippen LogP contribution in [0.2, 0.25) is 5.02 Å². The zero-order valence-electron chi connectivity index (χ0n) is 29.3. The van der Waals surface area contributed by atoms with Gasteiger partial charge in [0.1, 0.15) is 0 Å². The summed E-state index contributed by atoms with van der Waals surface area (Å²) in [5, 5.41) is 2.36. The number of rotatable bonds is 11. The number of amides is 2. The number of Topliss-reactive ketones (excluding diaryl/α,β-unsaturated/α-hetero) is 1. The van der Waals surface area contributed by atoms with Gasteiger partial charge >= 0.3 is 197 Å². The fourth-order valence-corrected chi connectivity index (χ4v) is 7.51. The minimum atomic E-state index is -4.60. The number of alkyl halides is 3. The SMILES string of the molecule is CCC1=C(N2CCN(C(=O)c3ncnc(C)c3[I-]O)CC2)C(=O)c2nc(N(C)CCN(C)C)cnc2C1CC(=O)Nc1ccc(C(F)(F)F)cc1Cl. The molecule has 1 atom stereocenters. The summed E-state index contributed by atoms with van der Waals surface area (Å²) >= 11 is 4.70. The first-order chi connectivity index (χ1) is 24.6. The smallest absolute Gasteiger partial charge is 0.325 e. The Balaban J connectivity index is 1.46. The van der Waals surface area contributed by atoms with Crippen LogP contribution in [0.5, 0.6) is 0 Å². The van der Waals surface area contributed by atoms with Gasteiger partial charge in [-0.1, -0.05) is 11.6 Å². The number of likely N-dealkylation sites (N-methyl/N-ethyl adjacent to an activating group) is 2. The minimum absolute atomic E-state index is 0.0177. The Bertz CT molecular complexity index is 1890. The molecule has 2 aromatic heterocycles. The van der Waals surface area contributed by atoms with Gasteiger partial charge in [-0.25, -0.2) is 0 Å².